The largest absolute Gasteiger partial charge is 0.506 e. The van der Waals surface area contributed by atoms with Gasteiger partial charge in [0, 0.05) is 4.90 Å². The van der Waals surface area contributed by atoms with Gasteiger partial charge < -0.3 is 5.11 Å². The predicted octanol–water partition coefficient (Wildman–Crippen LogP) is 4.44. The van der Waals surface area contributed by atoms with E-state index in [1.54, 1.807) is 12.1 Å². The van der Waals surface area contributed by atoms with Gasteiger partial charge in [0.15, 0.2) is 5.78 Å². The van der Waals surface area contributed by atoms with Crippen molar-refractivity contribution in [1.29, 1.82) is 0 Å². The Morgan fingerprint density at radius 1 is 1.26 bits per heavy atom. The zero-order chi connectivity index (χ0) is 13.8. The van der Waals surface area contributed by atoms with E-state index in [4.69, 9.17) is 0 Å². The fourth-order valence-electron chi connectivity index (χ4n) is 1.69. The summed E-state index contributed by atoms with van der Waals surface area (Å²) in [5.74, 6) is 0.257. The van der Waals surface area contributed by atoms with E-state index >= 15 is 0 Å². The normalized spacial score (nSPS) is 10.4. The van der Waals surface area contributed by atoms with Gasteiger partial charge in [0.05, 0.1) is 15.8 Å². The number of aromatic hydroxyl groups is 1. The molecular weight excluding hydrogens is 324 g/mol. The summed E-state index contributed by atoms with van der Waals surface area (Å²) in [6, 6.07) is 13.2. The van der Waals surface area contributed by atoms with E-state index in [-0.39, 0.29) is 11.5 Å². The van der Waals surface area contributed by atoms with E-state index in [0.29, 0.717) is 15.8 Å². The lowest BCUT2D eigenvalue weighted by atomic mass is 10.1. The molecule has 0 aliphatic carbocycles. The molecule has 0 saturated carbocycles. The van der Waals surface area contributed by atoms with Crippen molar-refractivity contribution in [3.63, 3.8) is 0 Å². The zero-order valence-corrected chi connectivity index (χ0v) is 12.8. The van der Waals surface area contributed by atoms with Gasteiger partial charge in [-0.15, -0.1) is 11.8 Å². The molecule has 0 fully saturated rings. The van der Waals surface area contributed by atoms with E-state index in [1.165, 1.54) is 11.8 Å². The molecule has 19 heavy (non-hydrogen) atoms. The third-order valence-corrected chi connectivity index (χ3v) is 4.24. The van der Waals surface area contributed by atoms with E-state index < -0.39 is 0 Å². The van der Waals surface area contributed by atoms with Gasteiger partial charge >= 0.3 is 0 Å². The van der Waals surface area contributed by atoms with Gasteiger partial charge in [-0.2, -0.15) is 0 Å². The van der Waals surface area contributed by atoms with Gasteiger partial charge in [-0.1, -0.05) is 18.2 Å². The van der Waals surface area contributed by atoms with Crippen LogP contribution in [0.15, 0.2) is 51.8 Å². The molecule has 0 radical (unpaired) electrons. The lowest BCUT2D eigenvalue weighted by Gasteiger charge is -2.07. The number of hydrogen-bond acceptors (Lipinski definition) is 3. The Morgan fingerprint density at radius 3 is 2.63 bits per heavy atom. The number of aryl methyl sites for hydroxylation is 1. The first-order chi connectivity index (χ1) is 9.08. The van der Waals surface area contributed by atoms with Crippen LogP contribution in [-0.2, 0) is 0 Å². The third kappa shape index (κ3) is 3.61. The second-order valence-corrected chi connectivity index (χ2v) is 6.07. The minimum atomic E-state index is -0.0734. The number of carbonyl (C=O) groups is 1. The van der Waals surface area contributed by atoms with Crippen LogP contribution in [0.3, 0.4) is 0 Å². The molecule has 0 unspecified atom stereocenters. The van der Waals surface area contributed by atoms with Crippen LogP contribution in [0, 0.1) is 6.92 Å². The maximum absolute atomic E-state index is 12.1. The van der Waals surface area contributed by atoms with Crippen molar-refractivity contribution in [3.8, 4) is 5.75 Å². The summed E-state index contributed by atoms with van der Waals surface area (Å²) in [6.45, 7) is 1.89. The van der Waals surface area contributed by atoms with Crippen LogP contribution in [0.1, 0.15) is 15.9 Å². The number of phenols is 1. The predicted molar refractivity (Wildman–Crippen MR) is 82.0 cm³/mol. The second-order valence-electron chi connectivity index (χ2n) is 4.17. The SMILES string of the molecule is Cc1cc(Br)c(O)c(C(=O)CSc2ccccc2)c1. The summed E-state index contributed by atoms with van der Waals surface area (Å²) < 4.78 is 0.556. The fourth-order valence-corrected chi connectivity index (χ4v) is 3.07. The molecule has 0 spiro atoms. The van der Waals surface area contributed by atoms with Crippen molar-refractivity contribution in [2.75, 3.05) is 5.75 Å². The molecule has 0 saturated heterocycles. The molecule has 0 amide bonds. The van der Waals surface area contributed by atoms with Crippen LogP contribution >= 0.6 is 27.7 Å². The minimum Gasteiger partial charge on any atom is -0.506 e. The average molecular weight is 337 g/mol. The maximum Gasteiger partial charge on any atom is 0.176 e. The lowest BCUT2D eigenvalue weighted by Crippen LogP contribution is -2.03. The van der Waals surface area contributed by atoms with Gasteiger partial charge in [0.2, 0.25) is 0 Å². The first kappa shape index (κ1) is 14.2. The first-order valence-electron chi connectivity index (χ1n) is 5.78. The van der Waals surface area contributed by atoms with Crippen LogP contribution in [0.5, 0.6) is 5.75 Å². The molecule has 0 aliphatic heterocycles. The van der Waals surface area contributed by atoms with Crippen molar-refractivity contribution in [2.45, 2.75) is 11.8 Å². The highest BCUT2D eigenvalue weighted by Crippen LogP contribution is 2.30. The fraction of sp³-hybridized carbons (Fsp3) is 0.133. The molecule has 0 atom stereocenters. The Kier molecular flexibility index (Phi) is 4.66. The van der Waals surface area contributed by atoms with Crippen LogP contribution < -0.4 is 0 Å². The molecule has 0 aromatic heterocycles. The molecule has 0 heterocycles. The summed E-state index contributed by atoms with van der Waals surface area (Å²) in [5.41, 5.74) is 1.31. The van der Waals surface area contributed by atoms with Crippen LogP contribution in [0.4, 0.5) is 0 Å². The van der Waals surface area contributed by atoms with Crippen molar-refractivity contribution in [2.24, 2.45) is 0 Å². The Labute approximate surface area is 125 Å². The first-order valence-corrected chi connectivity index (χ1v) is 7.56. The molecule has 0 bridgehead atoms. The Balaban J connectivity index is 2.13. The molecule has 4 heteroatoms. The van der Waals surface area contributed by atoms with Gasteiger partial charge in [-0.25, -0.2) is 0 Å². The summed E-state index contributed by atoms with van der Waals surface area (Å²) >= 11 is 4.72. The molecule has 2 rings (SSSR count). The molecule has 2 nitrogen and oxygen atoms in total. The van der Waals surface area contributed by atoms with Gasteiger partial charge in [-0.05, 0) is 52.7 Å². The lowest BCUT2D eigenvalue weighted by molar-refractivity contribution is 0.102. The second kappa shape index (κ2) is 6.26. The zero-order valence-electron chi connectivity index (χ0n) is 10.4. The molecule has 2 aromatic rings. The number of hydrogen-bond donors (Lipinski definition) is 1. The Bertz CT molecular complexity index is 597. The molecular formula is C15H13BrO2S. The van der Waals surface area contributed by atoms with Crippen LogP contribution in [-0.4, -0.2) is 16.6 Å². The summed E-state index contributed by atoms with van der Waals surface area (Å²) in [6.07, 6.45) is 0. The highest BCUT2D eigenvalue weighted by Gasteiger charge is 2.14. The number of Topliss-reactive ketones (excluding diaryl/α,β-unsaturated/α-hetero) is 1. The van der Waals surface area contributed by atoms with E-state index in [9.17, 15) is 9.90 Å². The van der Waals surface area contributed by atoms with Crippen LogP contribution in [0.25, 0.3) is 0 Å². The topological polar surface area (TPSA) is 37.3 Å². The highest BCUT2D eigenvalue weighted by atomic mass is 79.9. The smallest absolute Gasteiger partial charge is 0.176 e. The third-order valence-electron chi connectivity index (χ3n) is 2.62. The summed E-state index contributed by atoms with van der Waals surface area (Å²) in [5, 5.41) is 9.91. The Morgan fingerprint density at radius 2 is 1.95 bits per heavy atom. The number of carbonyl (C=O) groups excluding carboxylic acids is 1. The molecule has 2 aromatic carbocycles. The average Bonchev–Trinajstić information content (AvgIpc) is 2.41. The maximum atomic E-state index is 12.1. The molecule has 1 N–H and O–H groups in total. The minimum absolute atomic E-state index is 0.0178. The van der Waals surface area contributed by atoms with E-state index in [0.717, 1.165) is 10.5 Å². The molecule has 98 valence electrons. The number of phenolic OH excluding ortho intramolecular Hbond substituents is 1. The monoisotopic (exact) mass is 336 g/mol. The van der Waals surface area contributed by atoms with Crippen LogP contribution in [0.2, 0.25) is 0 Å². The van der Waals surface area contributed by atoms with Gasteiger partial charge in [-0.3, -0.25) is 4.79 Å². The van der Waals surface area contributed by atoms with Crippen molar-refractivity contribution < 1.29 is 9.90 Å². The van der Waals surface area contributed by atoms with E-state index in [2.05, 4.69) is 15.9 Å². The summed E-state index contributed by atoms with van der Waals surface area (Å²) in [4.78, 5) is 13.2. The van der Waals surface area contributed by atoms with Gasteiger partial charge in [0.1, 0.15) is 5.75 Å². The van der Waals surface area contributed by atoms with Gasteiger partial charge in [0.25, 0.3) is 0 Å². The number of thioether (sulfide) groups is 1. The molecule has 0 aliphatic rings. The van der Waals surface area contributed by atoms with E-state index in [1.807, 2.05) is 37.3 Å². The summed E-state index contributed by atoms with van der Waals surface area (Å²) in [7, 11) is 0. The standard InChI is InChI=1S/C15H13BrO2S/c1-10-7-12(15(18)13(16)8-10)14(17)9-19-11-5-3-2-4-6-11/h2-8,18H,9H2,1H3. The number of benzene rings is 2. The van der Waals surface area contributed by atoms with Crippen molar-refractivity contribution >= 4 is 33.5 Å². The Hall–Kier alpha value is -1.26. The number of rotatable bonds is 4. The number of ketones is 1. The highest BCUT2D eigenvalue weighted by molar-refractivity contribution is 9.10. The number of halogens is 1. The van der Waals surface area contributed by atoms with Crippen molar-refractivity contribution in [1.82, 2.24) is 0 Å². The van der Waals surface area contributed by atoms with Crippen molar-refractivity contribution in [3.05, 3.63) is 58.1 Å². The quantitative estimate of drug-likeness (QED) is 0.662.